The SMILES string of the molecule is CC1CC(C#N)CNC1[C@H](C)NC(=O)CN1Sc2c(ccc(F)c2C#N)NC1=O. The van der Waals surface area contributed by atoms with E-state index < -0.39 is 11.8 Å². The van der Waals surface area contributed by atoms with Crippen LogP contribution in [0.25, 0.3) is 0 Å². The van der Waals surface area contributed by atoms with Crippen molar-refractivity contribution in [2.45, 2.75) is 37.2 Å². The maximum Gasteiger partial charge on any atom is 0.332 e. The van der Waals surface area contributed by atoms with Gasteiger partial charge < -0.3 is 16.0 Å². The molecule has 8 nitrogen and oxygen atoms in total. The number of halogens is 1. The number of nitriles is 2. The third kappa shape index (κ3) is 4.44. The van der Waals surface area contributed by atoms with Gasteiger partial charge in [-0.1, -0.05) is 6.92 Å². The lowest BCUT2D eigenvalue weighted by Crippen LogP contribution is -2.56. The molecule has 152 valence electrons. The third-order valence-electron chi connectivity index (χ3n) is 5.15. The van der Waals surface area contributed by atoms with Crippen LogP contribution in [0.1, 0.15) is 25.8 Å². The third-order valence-corrected chi connectivity index (χ3v) is 6.28. The van der Waals surface area contributed by atoms with Gasteiger partial charge in [-0.3, -0.25) is 9.10 Å². The number of amides is 3. The van der Waals surface area contributed by atoms with Crippen LogP contribution in [-0.4, -0.2) is 41.4 Å². The van der Waals surface area contributed by atoms with Crippen molar-refractivity contribution < 1.29 is 14.0 Å². The van der Waals surface area contributed by atoms with Crippen LogP contribution >= 0.6 is 11.9 Å². The predicted molar refractivity (Wildman–Crippen MR) is 105 cm³/mol. The molecule has 0 radical (unpaired) electrons. The fourth-order valence-corrected chi connectivity index (χ4v) is 4.72. The monoisotopic (exact) mass is 416 g/mol. The number of nitrogens with one attached hydrogen (secondary N) is 3. The van der Waals surface area contributed by atoms with E-state index in [4.69, 9.17) is 5.26 Å². The summed E-state index contributed by atoms with van der Waals surface area (Å²) in [7, 11) is 0. The molecule has 3 rings (SSSR count). The molecule has 3 N–H and O–H groups in total. The molecule has 10 heteroatoms. The topological polar surface area (TPSA) is 121 Å². The molecule has 2 heterocycles. The summed E-state index contributed by atoms with van der Waals surface area (Å²) >= 11 is 0.872. The van der Waals surface area contributed by atoms with Crippen molar-refractivity contribution in [1.29, 1.82) is 10.5 Å². The van der Waals surface area contributed by atoms with Crippen molar-refractivity contribution in [3.05, 3.63) is 23.5 Å². The Balaban J connectivity index is 1.63. The van der Waals surface area contributed by atoms with Gasteiger partial charge >= 0.3 is 6.03 Å². The van der Waals surface area contributed by atoms with Crippen molar-refractivity contribution in [1.82, 2.24) is 14.9 Å². The minimum atomic E-state index is -0.680. The summed E-state index contributed by atoms with van der Waals surface area (Å²) in [6.07, 6.45) is 0.762. The molecule has 1 fully saturated rings. The molecule has 2 aliphatic rings. The lowest BCUT2D eigenvalue weighted by molar-refractivity contribution is -0.121. The largest absolute Gasteiger partial charge is 0.350 e. The first-order valence-corrected chi connectivity index (χ1v) is 10.0. The molecule has 29 heavy (non-hydrogen) atoms. The van der Waals surface area contributed by atoms with Crippen LogP contribution in [0.2, 0.25) is 0 Å². The standard InChI is InChI=1S/C19H21FN6O2S/c1-10-5-12(6-21)8-23-17(10)11(2)24-16(27)9-26-19(28)25-15-4-3-14(20)13(7-22)18(15)29-26/h3-4,10-12,17,23H,5,8-9H2,1-2H3,(H,24,27)(H,25,28)/t10?,11-,12?,17?/m0/s1. The zero-order valence-corrected chi connectivity index (χ0v) is 16.8. The van der Waals surface area contributed by atoms with Crippen molar-refractivity contribution in [3.63, 3.8) is 0 Å². The van der Waals surface area contributed by atoms with Gasteiger partial charge in [0.15, 0.2) is 0 Å². The highest BCUT2D eigenvalue weighted by Gasteiger charge is 2.33. The average molecular weight is 416 g/mol. The van der Waals surface area contributed by atoms with Gasteiger partial charge in [-0.05, 0) is 43.3 Å². The first-order valence-electron chi connectivity index (χ1n) is 9.25. The van der Waals surface area contributed by atoms with E-state index in [1.54, 1.807) is 6.07 Å². The molecule has 3 amide bonds. The maximum atomic E-state index is 13.9. The molecular weight excluding hydrogens is 395 g/mol. The lowest BCUT2D eigenvalue weighted by atomic mass is 9.83. The molecule has 3 unspecified atom stereocenters. The van der Waals surface area contributed by atoms with Gasteiger partial charge in [0.1, 0.15) is 24.0 Å². The number of anilines is 1. The second-order valence-electron chi connectivity index (χ2n) is 7.30. The van der Waals surface area contributed by atoms with Gasteiger partial charge in [0.25, 0.3) is 0 Å². The highest BCUT2D eigenvalue weighted by Crippen LogP contribution is 2.38. The molecule has 1 saturated heterocycles. The lowest BCUT2D eigenvalue weighted by Gasteiger charge is -2.37. The van der Waals surface area contributed by atoms with Crippen molar-refractivity contribution >= 4 is 29.6 Å². The normalized spacial score (nSPS) is 24.5. The number of fused-ring (bicyclic) bond motifs is 1. The van der Waals surface area contributed by atoms with Crippen LogP contribution in [0.3, 0.4) is 0 Å². The fraction of sp³-hybridized carbons (Fsp3) is 0.474. The number of hydrogen-bond donors (Lipinski definition) is 3. The van der Waals surface area contributed by atoms with Crippen molar-refractivity contribution in [2.75, 3.05) is 18.4 Å². The first kappa shape index (κ1) is 20.9. The molecule has 0 aromatic heterocycles. The first-order chi connectivity index (χ1) is 13.8. The Morgan fingerprint density at radius 3 is 2.90 bits per heavy atom. The van der Waals surface area contributed by atoms with E-state index in [9.17, 15) is 19.2 Å². The Hall–Kier alpha value is -2.82. The number of benzene rings is 1. The number of nitrogens with zero attached hydrogens (tertiary/aromatic N) is 3. The Bertz CT molecular complexity index is 911. The van der Waals surface area contributed by atoms with E-state index in [0.717, 1.165) is 28.7 Å². The Morgan fingerprint density at radius 1 is 1.48 bits per heavy atom. The van der Waals surface area contributed by atoms with E-state index >= 15 is 0 Å². The van der Waals surface area contributed by atoms with Gasteiger partial charge in [0, 0.05) is 18.6 Å². The highest BCUT2D eigenvalue weighted by molar-refractivity contribution is 7.98. The zero-order valence-electron chi connectivity index (χ0n) is 16.0. The molecule has 0 spiro atoms. The Morgan fingerprint density at radius 2 is 2.24 bits per heavy atom. The van der Waals surface area contributed by atoms with Gasteiger partial charge in [-0.2, -0.15) is 10.5 Å². The summed E-state index contributed by atoms with van der Waals surface area (Å²) < 4.78 is 15.0. The maximum absolute atomic E-state index is 13.9. The van der Waals surface area contributed by atoms with Crippen LogP contribution in [-0.2, 0) is 4.79 Å². The predicted octanol–water partition coefficient (Wildman–Crippen LogP) is 2.19. The van der Waals surface area contributed by atoms with E-state index in [0.29, 0.717) is 12.2 Å². The second kappa shape index (κ2) is 8.68. The Kier molecular flexibility index (Phi) is 6.26. The molecule has 0 saturated carbocycles. The molecule has 0 aliphatic carbocycles. The van der Waals surface area contributed by atoms with Crippen LogP contribution in [0, 0.1) is 40.3 Å². The van der Waals surface area contributed by atoms with Gasteiger partial charge in [0.05, 0.1) is 22.6 Å². The molecule has 2 aliphatic heterocycles. The van der Waals surface area contributed by atoms with Crippen LogP contribution in [0.15, 0.2) is 17.0 Å². The summed E-state index contributed by atoms with van der Waals surface area (Å²) in [5, 5.41) is 27.0. The summed E-state index contributed by atoms with van der Waals surface area (Å²) in [4.78, 5) is 25.1. The Labute approximate surface area is 172 Å². The number of hydrogen-bond acceptors (Lipinski definition) is 6. The van der Waals surface area contributed by atoms with E-state index in [1.165, 1.54) is 6.07 Å². The van der Waals surface area contributed by atoms with Crippen LogP contribution < -0.4 is 16.0 Å². The zero-order chi connectivity index (χ0) is 21.1. The summed E-state index contributed by atoms with van der Waals surface area (Å²) in [6, 6.07) is 5.88. The molecule has 1 aromatic rings. The summed E-state index contributed by atoms with van der Waals surface area (Å²) in [6.45, 7) is 4.24. The van der Waals surface area contributed by atoms with Crippen LogP contribution in [0.5, 0.6) is 0 Å². The van der Waals surface area contributed by atoms with Gasteiger partial charge in [-0.25, -0.2) is 9.18 Å². The van der Waals surface area contributed by atoms with Gasteiger partial charge in [0.2, 0.25) is 5.91 Å². The van der Waals surface area contributed by atoms with Crippen molar-refractivity contribution in [2.24, 2.45) is 11.8 Å². The molecule has 4 atom stereocenters. The minimum absolute atomic E-state index is 0.0198. The number of urea groups is 1. The van der Waals surface area contributed by atoms with E-state index in [1.807, 2.05) is 13.8 Å². The average Bonchev–Trinajstić information content (AvgIpc) is 2.68. The fourth-order valence-electron chi connectivity index (χ4n) is 3.74. The molecule has 1 aromatic carbocycles. The quantitative estimate of drug-likeness (QED) is 0.647. The molecule has 0 bridgehead atoms. The summed E-state index contributed by atoms with van der Waals surface area (Å²) in [5.41, 5.74) is 0.175. The van der Waals surface area contributed by atoms with Gasteiger partial charge in [-0.15, -0.1) is 0 Å². The van der Waals surface area contributed by atoms with Crippen LogP contribution in [0.4, 0.5) is 14.9 Å². The highest BCUT2D eigenvalue weighted by atomic mass is 32.2. The number of carbonyl (C=O) groups excluding carboxylic acids is 2. The number of rotatable bonds is 4. The molecular formula is C19H21FN6O2S. The van der Waals surface area contributed by atoms with Crippen molar-refractivity contribution in [3.8, 4) is 12.1 Å². The summed E-state index contributed by atoms with van der Waals surface area (Å²) in [5.74, 6) is -0.868. The van der Waals surface area contributed by atoms with E-state index in [-0.39, 0.29) is 46.8 Å². The second-order valence-corrected chi connectivity index (χ2v) is 8.33. The number of carbonyl (C=O) groups is 2. The minimum Gasteiger partial charge on any atom is -0.350 e. The van der Waals surface area contributed by atoms with E-state index in [2.05, 4.69) is 22.0 Å². The number of piperidine rings is 1. The smallest absolute Gasteiger partial charge is 0.332 e.